The predicted octanol–water partition coefficient (Wildman–Crippen LogP) is 3.35. The maximum absolute atomic E-state index is 12.3. The van der Waals surface area contributed by atoms with Gasteiger partial charge in [0.25, 0.3) is 0 Å². The molecule has 3 rings (SSSR count). The van der Waals surface area contributed by atoms with Crippen molar-refractivity contribution < 1.29 is 19.1 Å². The summed E-state index contributed by atoms with van der Waals surface area (Å²) in [5.74, 6) is 0.852. The quantitative estimate of drug-likeness (QED) is 0.564. The van der Waals surface area contributed by atoms with Crippen LogP contribution in [0.5, 0.6) is 5.75 Å². The third-order valence-corrected chi connectivity index (χ3v) is 5.10. The number of hydrogen-bond donors (Lipinski definition) is 0. The Morgan fingerprint density at radius 3 is 2.37 bits per heavy atom. The van der Waals surface area contributed by atoms with Crippen LogP contribution in [0.25, 0.3) is 0 Å². The number of carbonyl (C=O) groups is 2. The lowest BCUT2D eigenvalue weighted by Crippen LogP contribution is -2.50. The van der Waals surface area contributed by atoms with Crippen LogP contribution in [0.4, 0.5) is 4.79 Å². The van der Waals surface area contributed by atoms with Crippen molar-refractivity contribution in [3.05, 3.63) is 29.8 Å². The van der Waals surface area contributed by atoms with Crippen molar-refractivity contribution in [2.24, 2.45) is 0 Å². The van der Waals surface area contributed by atoms with E-state index in [4.69, 9.17) is 9.47 Å². The first kappa shape index (κ1) is 19.7. The highest BCUT2D eigenvalue weighted by atomic mass is 16.6. The summed E-state index contributed by atoms with van der Waals surface area (Å²) in [5.41, 5.74) is 0.253. The van der Waals surface area contributed by atoms with E-state index in [2.05, 4.69) is 4.90 Å². The van der Waals surface area contributed by atoms with Crippen LogP contribution in [0.2, 0.25) is 0 Å². The Bertz CT molecular complexity index is 680. The van der Waals surface area contributed by atoms with E-state index in [1.54, 1.807) is 19.1 Å². The molecule has 2 aliphatic rings. The fraction of sp³-hybridized carbons (Fsp3) is 0.619. The number of Topliss-reactive ketones (excluding diaryl/α,β-unsaturated/α-hetero) is 1. The fourth-order valence-electron chi connectivity index (χ4n) is 3.81. The first-order valence-electron chi connectivity index (χ1n) is 9.70. The highest BCUT2D eigenvalue weighted by Crippen LogP contribution is 2.31. The number of rotatable bonds is 6. The molecule has 1 aromatic rings. The molecule has 2 heterocycles. The molecule has 1 amide bonds. The maximum atomic E-state index is 12.3. The van der Waals surface area contributed by atoms with Crippen LogP contribution in [-0.4, -0.2) is 65.6 Å². The van der Waals surface area contributed by atoms with Crippen LogP contribution in [0.3, 0.4) is 0 Å². The monoisotopic (exact) mass is 374 g/mol. The Labute approximate surface area is 161 Å². The number of nitrogens with zero attached hydrogens (tertiary/aromatic N) is 2. The Balaban J connectivity index is 1.38. The van der Waals surface area contributed by atoms with Gasteiger partial charge in [0.2, 0.25) is 0 Å². The number of hydrogen-bond acceptors (Lipinski definition) is 5. The molecule has 0 saturated carbocycles. The van der Waals surface area contributed by atoms with E-state index in [1.807, 2.05) is 37.8 Å². The minimum Gasteiger partial charge on any atom is -0.494 e. The van der Waals surface area contributed by atoms with Gasteiger partial charge < -0.3 is 14.4 Å². The maximum Gasteiger partial charge on any atom is 0.410 e. The van der Waals surface area contributed by atoms with Crippen LogP contribution < -0.4 is 4.74 Å². The average molecular weight is 374 g/mol. The smallest absolute Gasteiger partial charge is 0.410 e. The molecule has 2 atom stereocenters. The summed E-state index contributed by atoms with van der Waals surface area (Å²) < 4.78 is 11.3. The van der Waals surface area contributed by atoms with Gasteiger partial charge in [-0.15, -0.1) is 0 Å². The average Bonchev–Trinajstić information content (AvgIpc) is 3.18. The number of ketones is 1. The molecule has 27 heavy (non-hydrogen) atoms. The minimum atomic E-state index is -0.446. The molecule has 0 aliphatic carbocycles. The van der Waals surface area contributed by atoms with E-state index in [0.717, 1.165) is 38.2 Å². The standard InChI is InChI=1S/C21H30N2O4/c1-15(24)16-6-8-19(9-7-16)26-11-5-10-22-13-18-12-17(22)14-23(18)20(25)27-21(2,3)4/h6-9,17-18H,5,10-14H2,1-4H3/t17-,18-/m0/s1. The second-order valence-electron chi connectivity index (χ2n) is 8.45. The third-order valence-electron chi connectivity index (χ3n) is 5.10. The Morgan fingerprint density at radius 2 is 1.81 bits per heavy atom. The van der Waals surface area contributed by atoms with Crippen LogP contribution in [0.1, 0.15) is 50.9 Å². The molecule has 6 heteroatoms. The summed E-state index contributed by atoms with van der Waals surface area (Å²) in [6, 6.07) is 7.97. The molecule has 0 radical (unpaired) electrons. The number of fused-ring (bicyclic) bond motifs is 2. The Kier molecular flexibility index (Phi) is 5.75. The number of likely N-dealkylation sites (tertiary alicyclic amines) is 2. The number of benzene rings is 1. The second-order valence-corrected chi connectivity index (χ2v) is 8.45. The van der Waals surface area contributed by atoms with Gasteiger partial charge in [0.05, 0.1) is 6.61 Å². The van der Waals surface area contributed by atoms with Gasteiger partial charge in [0, 0.05) is 37.3 Å². The van der Waals surface area contributed by atoms with Gasteiger partial charge in [-0.3, -0.25) is 9.69 Å². The molecule has 0 unspecified atom stereocenters. The zero-order valence-electron chi connectivity index (χ0n) is 16.7. The summed E-state index contributed by atoms with van der Waals surface area (Å²) in [7, 11) is 0. The van der Waals surface area contributed by atoms with Crippen molar-refractivity contribution in [2.45, 2.75) is 58.2 Å². The van der Waals surface area contributed by atoms with E-state index in [1.165, 1.54) is 0 Å². The molecular weight excluding hydrogens is 344 g/mol. The summed E-state index contributed by atoms with van der Waals surface area (Å²) >= 11 is 0. The molecule has 2 fully saturated rings. The van der Waals surface area contributed by atoms with Gasteiger partial charge in [0.15, 0.2) is 5.78 Å². The lowest BCUT2D eigenvalue weighted by molar-refractivity contribution is 0.0126. The molecule has 6 nitrogen and oxygen atoms in total. The lowest BCUT2D eigenvalue weighted by atomic mass is 10.1. The first-order chi connectivity index (χ1) is 12.7. The molecular formula is C21H30N2O4. The number of ether oxygens (including phenoxy) is 2. The van der Waals surface area contributed by atoms with Crippen LogP contribution >= 0.6 is 0 Å². The van der Waals surface area contributed by atoms with Crippen molar-refractivity contribution in [1.29, 1.82) is 0 Å². The zero-order valence-corrected chi connectivity index (χ0v) is 16.7. The highest BCUT2D eigenvalue weighted by molar-refractivity contribution is 5.94. The SMILES string of the molecule is CC(=O)c1ccc(OCCCN2C[C@@H]3C[C@H]2CN3C(=O)OC(C)(C)C)cc1. The van der Waals surface area contributed by atoms with Gasteiger partial charge in [-0.05, 0) is 64.8 Å². The Hall–Kier alpha value is -2.08. The molecule has 0 spiro atoms. The largest absolute Gasteiger partial charge is 0.494 e. The van der Waals surface area contributed by atoms with Gasteiger partial charge >= 0.3 is 6.09 Å². The van der Waals surface area contributed by atoms with E-state index in [0.29, 0.717) is 18.2 Å². The van der Waals surface area contributed by atoms with E-state index in [9.17, 15) is 9.59 Å². The number of carbonyl (C=O) groups excluding carboxylic acids is 2. The number of amides is 1. The van der Waals surface area contributed by atoms with Gasteiger partial charge in [-0.25, -0.2) is 4.79 Å². The van der Waals surface area contributed by atoms with E-state index >= 15 is 0 Å². The van der Waals surface area contributed by atoms with Crippen LogP contribution in [0, 0.1) is 0 Å². The second kappa shape index (κ2) is 7.89. The van der Waals surface area contributed by atoms with Crippen molar-refractivity contribution >= 4 is 11.9 Å². The van der Waals surface area contributed by atoms with Crippen molar-refractivity contribution in [3.63, 3.8) is 0 Å². The first-order valence-corrected chi connectivity index (χ1v) is 9.70. The number of piperazine rings is 1. The van der Waals surface area contributed by atoms with E-state index < -0.39 is 5.60 Å². The van der Waals surface area contributed by atoms with Crippen molar-refractivity contribution in [2.75, 3.05) is 26.2 Å². The molecule has 1 aromatic carbocycles. The molecule has 0 N–H and O–H groups in total. The normalized spacial score (nSPS) is 22.1. The summed E-state index contributed by atoms with van der Waals surface area (Å²) in [4.78, 5) is 27.9. The zero-order chi connectivity index (χ0) is 19.6. The van der Waals surface area contributed by atoms with Crippen LogP contribution in [-0.2, 0) is 4.74 Å². The summed E-state index contributed by atoms with van der Waals surface area (Å²) in [6.45, 7) is 10.5. The van der Waals surface area contributed by atoms with Crippen LogP contribution in [0.15, 0.2) is 24.3 Å². The van der Waals surface area contributed by atoms with Crippen molar-refractivity contribution in [3.8, 4) is 5.75 Å². The fourth-order valence-corrected chi connectivity index (χ4v) is 3.81. The molecule has 2 aliphatic heterocycles. The third kappa shape index (κ3) is 5.01. The molecule has 2 saturated heterocycles. The topological polar surface area (TPSA) is 59.1 Å². The lowest BCUT2D eigenvalue weighted by Gasteiger charge is -2.35. The minimum absolute atomic E-state index is 0.0612. The van der Waals surface area contributed by atoms with Crippen molar-refractivity contribution in [1.82, 2.24) is 9.80 Å². The van der Waals surface area contributed by atoms with Gasteiger partial charge in [-0.2, -0.15) is 0 Å². The van der Waals surface area contributed by atoms with E-state index in [-0.39, 0.29) is 17.9 Å². The van der Waals surface area contributed by atoms with Gasteiger partial charge in [0.1, 0.15) is 11.4 Å². The molecule has 2 bridgehead atoms. The molecule has 0 aromatic heterocycles. The summed E-state index contributed by atoms with van der Waals surface area (Å²) in [6.07, 6.45) is 1.78. The highest BCUT2D eigenvalue weighted by Gasteiger charge is 2.46. The van der Waals surface area contributed by atoms with Gasteiger partial charge in [-0.1, -0.05) is 0 Å². The Morgan fingerprint density at radius 1 is 1.11 bits per heavy atom. The predicted molar refractivity (Wildman–Crippen MR) is 103 cm³/mol. The summed E-state index contributed by atoms with van der Waals surface area (Å²) in [5, 5.41) is 0. The molecule has 148 valence electrons.